The van der Waals surface area contributed by atoms with Crippen LogP contribution in [0.25, 0.3) is 0 Å². The van der Waals surface area contributed by atoms with Crippen LogP contribution in [0.3, 0.4) is 0 Å². The molecule has 1 aromatic rings. The summed E-state index contributed by atoms with van der Waals surface area (Å²) in [4.78, 5) is 16.9. The van der Waals surface area contributed by atoms with Gasteiger partial charge in [-0.3, -0.25) is 4.79 Å². The second-order valence-electron chi connectivity index (χ2n) is 6.92. The van der Waals surface area contributed by atoms with E-state index in [1.807, 2.05) is 17.0 Å². The first-order valence-corrected chi connectivity index (χ1v) is 9.01. The zero-order valence-electron chi connectivity index (χ0n) is 13.8. The van der Waals surface area contributed by atoms with Crippen molar-refractivity contribution in [2.45, 2.75) is 18.9 Å². The number of piperidine rings is 1. The maximum atomic E-state index is 12.7. The van der Waals surface area contributed by atoms with Gasteiger partial charge in [0.25, 0.3) is 5.91 Å². The van der Waals surface area contributed by atoms with Crippen LogP contribution in [0, 0.1) is 11.8 Å². The molecule has 0 bridgehead atoms. The Morgan fingerprint density at radius 2 is 1.83 bits per heavy atom. The molecule has 24 heavy (non-hydrogen) atoms. The normalized spacial score (nSPS) is 26.0. The van der Waals surface area contributed by atoms with Gasteiger partial charge >= 0.3 is 0 Å². The first kappa shape index (κ1) is 17.7. The van der Waals surface area contributed by atoms with Crippen LogP contribution in [0.5, 0.6) is 0 Å². The summed E-state index contributed by atoms with van der Waals surface area (Å²) >= 11 is 6.14. The van der Waals surface area contributed by atoms with E-state index in [9.17, 15) is 15.0 Å². The lowest BCUT2D eigenvalue weighted by molar-refractivity contribution is 0.0679. The van der Waals surface area contributed by atoms with Crippen LogP contribution in [0.2, 0.25) is 5.02 Å². The Balaban J connectivity index is 1.63. The summed E-state index contributed by atoms with van der Waals surface area (Å²) in [5, 5.41) is 19.8. The standard InChI is InChI=1S/C18H25ClN2O3/c19-17-4-2-1-3-16(17)18(24)21-10-13(14(11-21)12-22)9-20-7-5-15(23)6-8-20/h1-4,13-15,22-23H,5-12H2/t13-,14-/m1/s1. The fourth-order valence-corrected chi connectivity index (χ4v) is 3.97. The zero-order valence-corrected chi connectivity index (χ0v) is 14.5. The molecule has 6 heteroatoms. The average Bonchev–Trinajstić information content (AvgIpc) is 3.00. The van der Waals surface area contributed by atoms with E-state index in [4.69, 9.17) is 11.6 Å². The van der Waals surface area contributed by atoms with Crippen LogP contribution in [0.1, 0.15) is 23.2 Å². The molecule has 2 saturated heterocycles. The number of benzene rings is 1. The molecule has 0 aromatic heterocycles. The van der Waals surface area contributed by atoms with Gasteiger partial charge in [-0.15, -0.1) is 0 Å². The minimum atomic E-state index is -0.184. The average molecular weight is 353 g/mol. The van der Waals surface area contributed by atoms with E-state index >= 15 is 0 Å². The third kappa shape index (κ3) is 3.91. The molecule has 2 N–H and O–H groups in total. The molecule has 0 aliphatic carbocycles. The van der Waals surface area contributed by atoms with E-state index in [2.05, 4.69) is 4.90 Å². The van der Waals surface area contributed by atoms with E-state index in [0.29, 0.717) is 23.7 Å². The highest BCUT2D eigenvalue weighted by Gasteiger charge is 2.36. The number of aliphatic hydroxyl groups is 2. The van der Waals surface area contributed by atoms with Crippen LogP contribution < -0.4 is 0 Å². The van der Waals surface area contributed by atoms with Gasteiger partial charge in [-0.2, -0.15) is 0 Å². The minimum absolute atomic E-state index is 0.0596. The fraction of sp³-hybridized carbons (Fsp3) is 0.611. The number of rotatable bonds is 4. The van der Waals surface area contributed by atoms with Crippen LogP contribution in [-0.4, -0.2) is 71.4 Å². The number of nitrogens with zero attached hydrogens (tertiary/aromatic N) is 2. The molecule has 132 valence electrons. The molecule has 2 fully saturated rings. The molecule has 0 saturated carbocycles. The molecule has 0 spiro atoms. The number of halogens is 1. The number of hydrogen-bond donors (Lipinski definition) is 2. The maximum Gasteiger partial charge on any atom is 0.255 e. The fourth-order valence-electron chi connectivity index (χ4n) is 3.76. The van der Waals surface area contributed by atoms with Crippen molar-refractivity contribution >= 4 is 17.5 Å². The Morgan fingerprint density at radius 3 is 2.50 bits per heavy atom. The van der Waals surface area contributed by atoms with Crippen molar-refractivity contribution in [3.8, 4) is 0 Å². The number of amides is 1. The Hall–Kier alpha value is -1.14. The lowest BCUT2D eigenvalue weighted by atomic mass is 9.95. The van der Waals surface area contributed by atoms with Crippen molar-refractivity contribution in [2.75, 3.05) is 39.3 Å². The molecule has 2 heterocycles. The minimum Gasteiger partial charge on any atom is -0.396 e. The predicted octanol–water partition coefficient (Wildman–Crippen LogP) is 1.48. The summed E-state index contributed by atoms with van der Waals surface area (Å²) in [7, 11) is 0. The van der Waals surface area contributed by atoms with Gasteiger partial charge in [0.2, 0.25) is 0 Å². The van der Waals surface area contributed by atoms with Crippen molar-refractivity contribution in [2.24, 2.45) is 11.8 Å². The molecule has 3 rings (SSSR count). The van der Waals surface area contributed by atoms with Crippen LogP contribution in [0.15, 0.2) is 24.3 Å². The van der Waals surface area contributed by atoms with Gasteiger partial charge in [0.1, 0.15) is 0 Å². The molecule has 5 nitrogen and oxygen atoms in total. The van der Waals surface area contributed by atoms with Crippen LogP contribution >= 0.6 is 11.6 Å². The molecule has 2 aliphatic rings. The Bertz CT molecular complexity index is 575. The van der Waals surface area contributed by atoms with Crippen LogP contribution in [-0.2, 0) is 0 Å². The number of hydrogen-bond acceptors (Lipinski definition) is 4. The van der Waals surface area contributed by atoms with E-state index < -0.39 is 0 Å². The molecule has 0 unspecified atom stereocenters. The zero-order chi connectivity index (χ0) is 17.1. The highest BCUT2D eigenvalue weighted by molar-refractivity contribution is 6.33. The number of carbonyl (C=O) groups is 1. The SMILES string of the molecule is O=C(c1ccccc1Cl)N1C[C@@H](CN2CCC(O)CC2)[C@@H](CO)C1. The monoisotopic (exact) mass is 352 g/mol. The molecule has 2 atom stereocenters. The van der Waals surface area contributed by atoms with E-state index in [1.54, 1.807) is 12.1 Å². The van der Waals surface area contributed by atoms with Crippen molar-refractivity contribution in [3.63, 3.8) is 0 Å². The van der Waals surface area contributed by atoms with Gasteiger partial charge < -0.3 is 20.0 Å². The van der Waals surface area contributed by atoms with Gasteiger partial charge in [0.15, 0.2) is 0 Å². The maximum absolute atomic E-state index is 12.7. The molecule has 1 aromatic carbocycles. The van der Waals surface area contributed by atoms with Crippen molar-refractivity contribution in [3.05, 3.63) is 34.9 Å². The lowest BCUT2D eigenvalue weighted by Gasteiger charge is -2.32. The highest BCUT2D eigenvalue weighted by atomic mass is 35.5. The second kappa shape index (κ2) is 7.83. The topological polar surface area (TPSA) is 64.0 Å². The molecule has 0 radical (unpaired) electrons. The first-order chi connectivity index (χ1) is 11.6. The largest absolute Gasteiger partial charge is 0.396 e. The Kier molecular flexibility index (Phi) is 5.76. The van der Waals surface area contributed by atoms with Gasteiger partial charge in [-0.25, -0.2) is 0 Å². The second-order valence-corrected chi connectivity index (χ2v) is 7.33. The van der Waals surface area contributed by atoms with Gasteiger partial charge in [0, 0.05) is 45.2 Å². The van der Waals surface area contributed by atoms with E-state index in [0.717, 1.165) is 32.5 Å². The third-order valence-corrected chi connectivity index (χ3v) is 5.58. The molecular formula is C18H25ClN2O3. The lowest BCUT2D eigenvalue weighted by Crippen LogP contribution is -2.40. The first-order valence-electron chi connectivity index (χ1n) is 8.63. The van der Waals surface area contributed by atoms with Gasteiger partial charge in [-0.05, 0) is 30.9 Å². The van der Waals surface area contributed by atoms with Gasteiger partial charge in [0.05, 0.1) is 16.7 Å². The Labute approximate surface area is 147 Å². The number of aliphatic hydroxyl groups excluding tert-OH is 2. The summed E-state index contributed by atoms with van der Waals surface area (Å²) in [6, 6.07) is 7.10. The number of likely N-dealkylation sites (tertiary alicyclic amines) is 2. The quantitative estimate of drug-likeness (QED) is 0.861. The summed E-state index contributed by atoms with van der Waals surface area (Å²) in [6.45, 7) is 3.94. The summed E-state index contributed by atoms with van der Waals surface area (Å²) in [5.41, 5.74) is 0.526. The highest BCUT2D eigenvalue weighted by Crippen LogP contribution is 2.28. The van der Waals surface area contributed by atoms with E-state index in [-0.39, 0.29) is 30.5 Å². The van der Waals surface area contributed by atoms with Crippen molar-refractivity contribution in [1.29, 1.82) is 0 Å². The van der Waals surface area contributed by atoms with Gasteiger partial charge in [-0.1, -0.05) is 23.7 Å². The smallest absolute Gasteiger partial charge is 0.255 e. The van der Waals surface area contributed by atoms with Crippen molar-refractivity contribution in [1.82, 2.24) is 9.80 Å². The molecular weight excluding hydrogens is 328 g/mol. The predicted molar refractivity (Wildman–Crippen MR) is 93.1 cm³/mol. The summed E-state index contributed by atoms with van der Waals surface area (Å²) in [5.74, 6) is 0.301. The number of carbonyl (C=O) groups excluding carboxylic acids is 1. The molecule has 2 aliphatic heterocycles. The molecule has 1 amide bonds. The van der Waals surface area contributed by atoms with E-state index in [1.165, 1.54) is 0 Å². The Morgan fingerprint density at radius 1 is 1.17 bits per heavy atom. The third-order valence-electron chi connectivity index (χ3n) is 5.25. The summed E-state index contributed by atoms with van der Waals surface area (Å²) < 4.78 is 0. The van der Waals surface area contributed by atoms with Crippen molar-refractivity contribution < 1.29 is 15.0 Å². The van der Waals surface area contributed by atoms with Crippen LogP contribution in [0.4, 0.5) is 0 Å². The summed E-state index contributed by atoms with van der Waals surface area (Å²) in [6.07, 6.45) is 1.43.